The van der Waals surface area contributed by atoms with Gasteiger partial charge in [0.1, 0.15) is 6.61 Å². The Bertz CT molecular complexity index is 317. The fourth-order valence-electron chi connectivity index (χ4n) is 1.49. The van der Waals surface area contributed by atoms with E-state index in [0.717, 1.165) is 24.2 Å². The van der Waals surface area contributed by atoms with Crippen molar-refractivity contribution in [2.45, 2.75) is 32.6 Å². The molecule has 0 aromatic carbocycles. The Balaban J connectivity index is 2.13. The van der Waals surface area contributed by atoms with E-state index in [1.54, 1.807) is 0 Å². The van der Waals surface area contributed by atoms with Crippen molar-refractivity contribution in [1.82, 2.24) is 4.90 Å². The number of esters is 1. The first-order chi connectivity index (χ1) is 8.15. The van der Waals surface area contributed by atoms with Crippen molar-refractivity contribution in [2.75, 3.05) is 13.2 Å². The highest BCUT2D eigenvalue weighted by Crippen LogP contribution is 2.04. The smallest absolute Gasteiger partial charge is 0.305 e. The van der Waals surface area contributed by atoms with Crippen molar-refractivity contribution < 1.29 is 19.1 Å². The molecule has 0 saturated carbocycles. The lowest BCUT2D eigenvalue weighted by Gasteiger charge is -2.13. The van der Waals surface area contributed by atoms with Gasteiger partial charge in [0.05, 0.1) is 6.54 Å². The van der Waals surface area contributed by atoms with E-state index < -0.39 is 0 Å². The highest BCUT2D eigenvalue weighted by molar-refractivity contribution is 6.12. The van der Waals surface area contributed by atoms with Crippen LogP contribution < -0.4 is 0 Å². The third-order valence-electron chi connectivity index (χ3n) is 2.46. The SMILES string of the molecule is CCCCCC(=O)OCCN1C(=O)C=CC1=O. The first-order valence-electron chi connectivity index (χ1n) is 5.84. The predicted octanol–water partition coefficient (Wildman–Crippen LogP) is 1.03. The molecular formula is C12H17NO4. The molecule has 0 spiro atoms. The summed E-state index contributed by atoms with van der Waals surface area (Å²) < 4.78 is 4.93. The molecule has 1 rings (SSSR count). The summed E-state index contributed by atoms with van der Waals surface area (Å²) in [5, 5.41) is 0. The summed E-state index contributed by atoms with van der Waals surface area (Å²) in [6.07, 6.45) is 5.70. The fourth-order valence-corrected chi connectivity index (χ4v) is 1.49. The molecule has 5 heteroatoms. The summed E-state index contributed by atoms with van der Waals surface area (Å²) in [7, 11) is 0. The second-order valence-corrected chi connectivity index (χ2v) is 3.84. The molecule has 0 fully saturated rings. The third kappa shape index (κ3) is 4.38. The molecule has 0 radical (unpaired) electrons. The Hall–Kier alpha value is -1.65. The molecule has 1 aliphatic heterocycles. The normalized spacial score (nSPS) is 14.5. The summed E-state index contributed by atoms with van der Waals surface area (Å²) >= 11 is 0. The molecule has 1 aliphatic rings. The van der Waals surface area contributed by atoms with Crippen LogP contribution >= 0.6 is 0 Å². The molecule has 94 valence electrons. The molecule has 0 aromatic rings. The molecule has 2 amide bonds. The van der Waals surface area contributed by atoms with E-state index in [1.807, 2.05) is 0 Å². The van der Waals surface area contributed by atoms with E-state index in [1.165, 1.54) is 12.2 Å². The van der Waals surface area contributed by atoms with E-state index in [-0.39, 0.29) is 30.9 Å². The Morgan fingerprint density at radius 3 is 2.47 bits per heavy atom. The van der Waals surface area contributed by atoms with E-state index in [4.69, 9.17) is 4.74 Å². The first-order valence-corrected chi connectivity index (χ1v) is 5.84. The number of amides is 2. The van der Waals surface area contributed by atoms with Gasteiger partial charge in [-0.3, -0.25) is 19.3 Å². The van der Waals surface area contributed by atoms with Crippen molar-refractivity contribution in [1.29, 1.82) is 0 Å². The summed E-state index contributed by atoms with van der Waals surface area (Å²) in [6, 6.07) is 0. The minimum atomic E-state index is -0.350. The number of hydrogen-bond acceptors (Lipinski definition) is 4. The second-order valence-electron chi connectivity index (χ2n) is 3.84. The zero-order valence-corrected chi connectivity index (χ0v) is 9.98. The van der Waals surface area contributed by atoms with E-state index in [9.17, 15) is 14.4 Å². The Labute approximate surface area is 100 Å². The molecule has 17 heavy (non-hydrogen) atoms. The third-order valence-corrected chi connectivity index (χ3v) is 2.46. The average molecular weight is 239 g/mol. The lowest BCUT2D eigenvalue weighted by atomic mass is 10.2. The number of ether oxygens (including phenoxy) is 1. The first kappa shape index (κ1) is 13.4. The van der Waals surface area contributed by atoms with Gasteiger partial charge in [-0.1, -0.05) is 19.8 Å². The molecule has 0 aliphatic carbocycles. The number of nitrogens with zero attached hydrogens (tertiary/aromatic N) is 1. The number of hydrogen-bond donors (Lipinski definition) is 0. The topological polar surface area (TPSA) is 63.7 Å². The monoisotopic (exact) mass is 239 g/mol. The highest BCUT2D eigenvalue weighted by Gasteiger charge is 2.22. The van der Waals surface area contributed by atoms with Gasteiger partial charge in [-0.15, -0.1) is 0 Å². The van der Waals surface area contributed by atoms with Gasteiger partial charge in [0.2, 0.25) is 0 Å². The van der Waals surface area contributed by atoms with Gasteiger partial charge >= 0.3 is 5.97 Å². The van der Waals surface area contributed by atoms with Crippen LogP contribution in [0.5, 0.6) is 0 Å². The molecule has 1 heterocycles. The quantitative estimate of drug-likeness (QED) is 0.378. The Morgan fingerprint density at radius 1 is 1.24 bits per heavy atom. The van der Waals surface area contributed by atoms with Gasteiger partial charge in [0.25, 0.3) is 11.8 Å². The summed E-state index contributed by atoms with van der Waals surface area (Å²) in [5.41, 5.74) is 0. The van der Waals surface area contributed by atoms with Gasteiger partial charge < -0.3 is 4.74 Å². The molecule has 0 N–H and O–H groups in total. The van der Waals surface area contributed by atoms with Crippen LogP contribution in [0, 0.1) is 0 Å². The number of carbonyl (C=O) groups excluding carboxylic acids is 3. The number of imide groups is 1. The van der Waals surface area contributed by atoms with Crippen LogP contribution in [-0.2, 0) is 19.1 Å². The van der Waals surface area contributed by atoms with Crippen molar-refractivity contribution in [3.05, 3.63) is 12.2 Å². The molecule has 0 unspecified atom stereocenters. The van der Waals surface area contributed by atoms with Crippen molar-refractivity contribution in [2.24, 2.45) is 0 Å². The maximum absolute atomic E-state index is 11.2. The van der Waals surface area contributed by atoms with Crippen LogP contribution in [0.25, 0.3) is 0 Å². The Kier molecular flexibility index (Phi) is 5.39. The summed E-state index contributed by atoms with van der Waals surface area (Å²) in [6.45, 7) is 2.26. The molecule has 0 atom stereocenters. The van der Waals surface area contributed by atoms with E-state index in [0.29, 0.717) is 6.42 Å². The lowest BCUT2D eigenvalue weighted by Crippen LogP contribution is -2.33. The molecule has 0 saturated heterocycles. The lowest BCUT2D eigenvalue weighted by molar-refractivity contribution is -0.147. The standard InChI is InChI=1S/C12H17NO4/c1-2-3-4-5-12(16)17-9-8-13-10(14)6-7-11(13)15/h6-7H,2-5,8-9H2,1H3. The van der Waals surface area contributed by atoms with Crippen LogP contribution in [0.3, 0.4) is 0 Å². The minimum absolute atomic E-state index is 0.0735. The maximum atomic E-state index is 11.2. The van der Waals surface area contributed by atoms with Crippen molar-refractivity contribution in [3.8, 4) is 0 Å². The molecule has 0 bridgehead atoms. The van der Waals surface area contributed by atoms with Crippen LogP contribution in [0.15, 0.2) is 12.2 Å². The number of rotatable bonds is 7. The maximum Gasteiger partial charge on any atom is 0.305 e. The van der Waals surface area contributed by atoms with E-state index in [2.05, 4.69) is 6.92 Å². The van der Waals surface area contributed by atoms with Gasteiger partial charge in [0, 0.05) is 18.6 Å². The molecule has 5 nitrogen and oxygen atoms in total. The summed E-state index contributed by atoms with van der Waals surface area (Å²) in [4.78, 5) is 34.6. The fraction of sp³-hybridized carbons (Fsp3) is 0.583. The van der Waals surface area contributed by atoms with Crippen LogP contribution in [0.4, 0.5) is 0 Å². The van der Waals surface area contributed by atoms with E-state index >= 15 is 0 Å². The van der Waals surface area contributed by atoms with Gasteiger partial charge in [-0.2, -0.15) is 0 Å². The Morgan fingerprint density at radius 2 is 1.88 bits per heavy atom. The summed E-state index contributed by atoms with van der Waals surface area (Å²) in [5.74, 6) is -0.973. The number of unbranched alkanes of at least 4 members (excludes halogenated alkanes) is 2. The highest BCUT2D eigenvalue weighted by atomic mass is 16.5. The second kappa shape index (κ2) is 6.83. The average Bonchev–Trinajstić information content (AvgIpc) is 2.61. The molecular weight excluding hydrogens is 222 g/mol. The van der Waals surface area contributed by atoms with Crippen LogP contribution in [-0.4, -0.2) is 35.8 Å². The minimum Gasteiger partial charge on any atom is -0.464 e. The van der Waals surface area contributed by atoms with Gasteiger partial charge in [-0.25, -0.2) is 0 Å². The zero-order chi connectivity index (χ0) is 12.7. The van der Waals surface area contributed by atoms with Gasteiger partial charge in [0.15, 0.2) is 0 Å². The molecule has 0 aromatic heterocycles. The zero-order valence-electron chi connectivity index (χ0n) is 9.98. The van der Waals surface area contributed by atoms with Crippen LogP contribution in [0.1, 0.15) is 32.6 Å². The van der Waals surface area contributed by atoms with Gasteiger partial charge in [-0.05, 0) is 6.42 Å². The largest absolute Gasteiger partial charge is 0.464 e. The van der Waals surface area contributed by atoms with Crippen LogP contribution in [0.2, 0.25) is 0 Å². The van der Waals surface area contributed by atoms with Crippen molar-refractivity contribution in [3.63, 3.8) is 0 Å². The predicted molar refractivity (Wildman–Crippen MR) is 61.0 cm³/mol. The number of carbonyl (C=O) groups is 3. The van der Waals surface area contributed by atoms with Crippen molar-refractivity contribution >= 4 is 17.8 Å².